The smallest absolute Gasteiger partial charge is 0.253 e. The van der Waals surface area contributed by atoms with Crippen molar-refractivity contribution in [2.75, 3.05) is 50.7 Å². The van der Waals surface area contributed by atoms with E-state index in [0.717, 1.165) is 68.3 Å². The topological polar surface area (TPSA) is 39.7 Å². The van der Waals surface area contributed by atoms with E-state index in [0.29, 0.717) is 0 Å². The number of carbonyl (C=O) groups excluding carboxylic acids is 1. The molecule has 1 aromatic carbocycles. The van der Waals surface area contributed by atoms with Gasteiger partial charge in [-0.15, -0.1) is 0 Å². The molecule has 2 saturated heterocycles. The molecule has 29 heavy (non-hydrogen) atoms. The summed E-state index contributed by atoms with van der Waals surface area (Å²) in [4.78, 5) is 24.3. The summed E-state index contributed by atoms with van der Waals surface area (Å²) in [6.45, 7) is 9.15. The average Bonchev–Trinajstić information content (AvgIpc) is 2.80. The van der Waals surface area contributed by atoms with E-state index in [2.05, 4.69) is 33.8 Å². The summed E-state index contributed by atoms with van der Waals surface area (Å²) in [6.07, 6.45) is 6.96. The lowest BCUT2D eigenvalue weighted by molar-refractivity contribution is 0.0637. The lowest BCUT2D eigenvalue weighted by Crippen LogP contribution is -2.48. The van der Waals surface area contributed by atoms with Gasteiger partial charge in [-0.25, -0.2) is 4.98 Å². The third-order valence-corrected chi connectivity index (χ3v) is 6.09. The van der Waals surface area contributed by atoms with Crippen LogP contribution in [0.5, 0.6) is 0 Å². The molecule has 0 atom stereocenters. The van der Waals surface area contributed by atoms with Crippen molar-refractivity contribution in [1.82, 2.24) is 14.8 Å². The largest absolute Gasteiger partial charge is 0.357 e. The Labute approximate surface area is 174 Å². The van der Waals surface area contributed by atoms with Gasteiger partial charge in [0, 0.05) is 56.6 Å². The standard InChI is InChI=1S/C24H32N4O/c1-2-12-26-15-17-28(18-16-26)24(29)21-8-6-20(7-9-21)22-10-11-23(25-19-22)27-13-4-3-5-14-27/h6-11,19H,2-5,12-18H2,1H3. The second-order valence-electron chi connectivity index (χ2n) is 8.16. The van der Waals surface area contributed by atoms with Crippen LogP contribution in [0.3, 0.4) is 0 Å². The Bertz CT molecular complexity index is 789. The zero-order chi connectivity index (χ0) is 20.1. The molecule has 4 rings (SSSR count). The average molecular weight is 393 g/mol. The van der Waals surface area contributed by atoms with Crippen molar-refractivity contribution in [3.8, 4) is 11.1 Å². The number of nitrogens with zero attached hydrogens (tertiary/aromatic N) is 4. The zero-order valence-electron chi connectivity index (χ0n) is 17.5. The zero-order valence-corrected chi connectivity index (χ0v) is 17.5. The van der Waals surface area contributed by atoms with Crippen LogP contribution in [-0.2, 0) is 0 Å². The fourth-order valence-corrected chi connectivity index (χ4v) is 4.35. The molecule has 0 N–H and O–H groups in total. The van der Waals surface area contributed by atoms with Crippen molar-refractivity contribution in [3.63, 3.8) is 0 Å². The number of anilines is 1. The molecule has 2 aliphatic heterocycles. The number of rotatable bonds is 5. The van der Waals surface area contributed by atoms with Crippen LogP contribution in [0, 0.1) is 0 Å². The molecule has 5 nitrogen and oxygen atoms in total. The van der Waals surface area contributed by atoms with E-state index in [-0.39, 0.29) is 5.91 Å². The van der Waals surface area contributed by atoms with Crippen LogP contribution in [-0.4, -0.2) is 66.5 Å². The van der Waals surface area contributed by atoms with E-state index in [1.54, 1.807) is 0 Å². The van der Waals surface area contributed by atoms with Gasteiger partial charge in [-0.2, -0.15) is 0 Å². The predicted molar refractivity (Wildman–Crippen MR) is 118 cm³/mol. The van der Waals surface area contributed by atoms with Gasteiger partial charge in [-0.3, -0.25) is 9.69 Å². The number of hydrogen-bond acceptors (Lipinski definition) is 4. The quantitative estimate of drug-likeness (QED) is 0.774. The monoisotopic (exact) mass is 392 g/mol. The molecule has 0 unspecified atom stereocenters. The van der Waals surface area contributed by atoms with Crippen LogP contribution in [0.25, 0.3) is 11.1 Å². The summed E-state index contributed by atoms with van der Waals surface area (Å²) in [5.41, 5.74) is 2.97. The van der Waals surface area contributed by atoms with Crippen molar-refractivity contribution in [2.45, 2.75) is 32.6 Å². The van der Waals surface area contributed by atoms with Gasteiger partial charge >= 0.3 is 0 Å². The summed E-state index contributed by atoms with van der Waals surface area (Å²) >= 11 is 0. The van der Waals surface area contributed by atoms with Crippen LogP contribution >= 0.6 is 0 Å². The van der Waals surface area contributed by atoms with E-state index in [1.807, 2.05) is 35.4 Å². The number of aromatic nitrogens is 1. The normalized spacial score (nSPS) is 18.1. The Morgan fingerprint density at radius 1 is 0.862 bits per heavy atom. The van der Waals surface area contributed by atoms with Crippen molar-refractivity contribution in [1.29, 1.82) is 0 Å². The number of hydrogen-bond donors (Lipinski definition) is 0. The molecule has 5 heteroatoms. The lowest BCUT2D eigenvalue weighted by atomic mass is 10.0. The maximum absolute atomic E-state index is 12.8. The molecule has 154 valence electrons. The highest BCUT2D eigenvalue weighted by Crippen LogP contribution is 2.23. The maximum atomic E-state index is 12.8. The molecule has 0 saturated carbocycles. The van der Waals surface area contributed by atoms with Crippen LogP contribution in [0.2, 0.25) is 0 Å². The summed E-state index contributed by atoms with van der Waals surface area (Å²) in [5, 5.41) is 0. The Balaban J connectivity index is 1.38. The fourth-order valence-electron chi connectivity index (χ4n) is 4.35. The molecule has 2 aromatic rings. The third kappa shape index (κ3) is 4.78. The maximum Gasteiger partial charge on any atom is 0.253 e. The van der Waals surface area contributed by atoms with Gasteiger partial charge in [-0.05, 0) is 62.1 Å². The van der Waals surface area contributed by atoms with Gasteiger partial charge in [0.05, 0.1) is 0 Å². The van der Waals surface area contributed by atoms with E-state index >= 15 is 0 Å². The minimum Gasteiger partial charge on any atom is -0.357 e. The van der Waals surface area contributed by atoms with E-state index in [1.165, 1.54) is 25.7 Å². The van der Waals surface area contributed by atoms with Gasteiger partial charge in [-0.1, -0.05) is 19.1 Å². The minimum absolute atomic E-state index is 0.145. The Kier molecular flexibility index (Phi) is 6.45. The van der Waals surface area contributed by atoms with Crippen LogP contribution in [0.1, 0.15) is 43.0 Å². The molecule has 2 aliphatic rings. The van der Waals surface area contributed by atoms with Crippen LogP contribution in [0.4, 0.5) is 5.82 Å². The number of piperazine rings is 1. The Morgan fingerprint density at radius 3 is 2.17 bits per heavy atom. The number of amides is 1. The van der Waals surface area contributed by atoms with Crippen molar-refractivity contribution in [3.05, 3.63) is 48.2 Å². The highest BCUT2D eigenvalue weighted by atomic mass is 16.2. The summed E-state index contributed by atoms with van der Waals surface area (Å²) in [6, 6.07) is 12.2. The molecule has 0 bridgehead atoms. The highest BCUT2D eigenvalue weighted by Gasteiger charge is 2.21. The molecule has 0 radical (unpaired) electrons. The molecule has 0 spiro atoms. The van der Waals surface area contributed by atoms with Crippen molar-refractivity contribution >= 4 is 11.7 Å². The second kappa shape index (κ2) is 9.40. The van der Waals surface area contributed by atoms with Crippen LogP contribution in [0.15, 0.2) is 42.6 Å². The summed E-state index contributed by atoms with van der Waals surface area (Å²) in [7, 11) is 0. The predicted octanol–water partition coefficient (Wildman–Crippen LogP) is 3.91. The Morgan fingerprint density at radius 2 is 1.55 bits per heavy atom. The number of pyridine rings is 1. The minimum atomic E-state index is 0.145. The first-order valence-electron chi connectivity index (χ1n) is 11.1. The second-order valence-corrected chi connectivity index (χ2v) is 8.16. The van der Waals surface area contributed by atoms with Gasteiger partial charge in [0.1, 0.15) is 5.82 Å². The molecule has 3 heterocycles. The molecule has 2 fully saturated rings. The van der Waals surface area contributed by atoms with Crippen molar-refractivity contribution in [2.24, 2.45) is 0 Å². The Hall–Kier alpha value is -2.40. The number of benzene rings is 1. The van der Waals surface area contributed by atoms with E-state index < -0.39 is 0 Å². The molecule has 1 aromatic heterocycles. The van der Waals surface area contributed by atoms with E-state index in [4.69, 9.17) is 0 Å². The lowest BCUT2D eigenvalue weighted by Gasteiger charge is -2.34. The third-order valence-electron chi connectivity index (χ3n) is 6.09. The summed E-state index contributed by atoms with van der Waals surface area (Å²) < 4.78 is 0. The first-order valence-corrected chi connectivity index (χ1v) is 11.1. The van der Waals surface area contributed by atoms with Gasteiger partial charge in [0.25, 0.3) is 5.91 Å². The highest BCUT2D eigenvalue weighted by molar-refractivity contribution is 5.94. The van der Waals surface area contributed by atoms with E-state index in [9.17, 15) is 4.79 Å². The first-order chi connectivity index (χ1) is 14.2. The molecular weight excluding hydrogens is 360 g/mol. The van der Waals surface area contributed by atoms with Gasteiger partial charge in [0.2, 0.25) is 0 Å². The molecule has 1 amide bonds. The number of carbonyl (C=O) groups is 1. The first kappa shape index (κ1) is 19.9. The van der Waals surface area contributed by atoms with Crippen LogP contribution < -0.4 is 4.90 Å². The summed E-state index contributed by atoms with van der Waals surface area (Å²) in [5.74, 6) is 1.22. The van der Waals surface area contributed by atoms with Gasteiger partial charge in [0.15, 0.2) is 0 Å². The SMILES string of the molecule is CCCN1CCN(C(=O)c2ccc(-c3ccc(N4CCCCC4)nc3)cc2)CC1. The molecule has 0 aliphatic carbocycles. The fraction of sp³-hybridized carbons (Fsp3) is 0.500. The van der Waals surface area contributed by atoms with Crippen molar-refractivity contribution < 1.29 is 4.79 Å². The van der Waals surface area contributed by atoms with Gasteiger partial charge < -0.3 is 9.80 Å². The number of piperidine rings is 1. The molecular formula is C24H32N4O.